The van der Waals surface area contributed by atoms with Gasteiger partial charge in [-0.1, -0.05) is 67.8 Å². The predicted octanol–water partition coefficient (Wildman–Crippen LogP) is 7.75. The van der Waals surface area contributed by atoms with Crippen molar-refractivity contribution in [3.05, 3.63) is 94.8 Å². The summed E-state index contributed by atoms with van der Waals surface area (Å²) in [5, 5.41) is 0.731. The van der Waals surface area contributed by atoms with Gasteiger partial charge in [-0.2, -0.15) is 0 Å². The molecule has 3 aromatic rings. The molecule has 0 aliphatic heterocycles. The number of nitrogens with zero attached hydrogens (tertiary/aromatic N) is 1. The highest BCUT2D eigenvalue weighted by Gasteiger charge is 2.46. The molecule has 1 aliphatic rings. The van der Waals surface area contributed by atoms with Gasteiger partial charge in [0, 0.05) is 28.4 Å². The van der Waals surface area contributed by atoms with Crippen molar-refractivity contribution in [3.8, 4) is 23.0 Å². The molecule has 1 unspecified atom stereocenters. The van der Waals surface area contributed by atoms with E-state index < -0.39 is 0 Å². The van der Waals surface area contributed by atoms with Crippen LogP contribution in [0.3, 0.4) is 0 Å². The van der Waals surface area contributed by atoms with Crippen LogP contribution in [0, 0.1) is 23.2 Å². The van der Waals surface area contributed by atoms with Crippen molar-refractivity contribution >= 4 is 17.2 Å². The van der Waals surface area contributed by atoms with Gasteiger partial charge in [-0.15, -0.1) is 0 Å². The number of hydrogen-bond donors (Lipinski definition) is 1. The molecule has 2 N–H and O–H groups in total. The highest BCUT2D eigenvalue weighted by atomic mass is 35.5. The molecule has 0 saturated heterocycles. The summed E-state index contributed by atoms with van der Waals surface area (Å²) in [5.41, 5.74) is 13.1. The molecule has 1 saturated carbocycles. The number of nitrogens with two attached hydrogens (primary N) is 1. The van der Waals surface area contributed by atoms with Crippen LogP contribution in [0.2, 0.25) is 5.02 Å². The second-order valence-corrected chi connectivity index (χ2v) is 10.1. The molecule has 2 atom stereocenters. The predicted molar refractivity (Wildman–Crippen MR) is 144 cm³/mol. The molecule has 0 spiro atoms. The molecule has 1 fully saturated rings. The monoisotopic (exact) mass is 468 g/mol. The number of pyridine rings is 1. The minimum atomic E-state index is 0.319. The summed E-state index contributed by atoms with van der Waals surface area (Å²) >= 11 is 5.97. The first kappa shape index (κ1) is 24.3. The maximum atomic E-state index is 6.26. The maximum Gasteiger partial charge on any atom is 0.113 e. The van der Waals surface area contributed by atoms with E-state index in [1.165, 1.54) is 24.0 Å². The SMILES string of the molecule is CCC(N)CC1([C@@H](C)C=C(C)c2ccc(C#Cc3ccc(-c4ccc(Cl)cc4)cn3)cc2)CC1. The van der Waals surface area contributed by atoms with E-state index >= 15 is 0 Å². The van der Waals surface area contributed by atoms with Crippen LogP contribution >= 0.6 is 11.6 Å². The van der Waals surface area contributed by atoms with Gasteiger partial charge in [-0.05, 0) is 96.9 Å². The summed E-state index contributed by atoms with van der Waals surface area (Å²) in [6, 6.07) is 20.6. The van der Waals surface area contributed by atoms with Crippen LogP contribution in [0.25, 0.3) is 16.7 Å². The molecule has 1 aromatic heterocycles. The molecule has 4 rings (SSSR count). The lowest BCUT2D eigenvalue weighted by Gasteiger charge is -2.24. The molecule has 2 nitrogen and oxygen atoms in total. The minimum Gasteiger partial charge on any atom is -0.328 e. The fourth-order valence-electron chi connectivity index (χ4n) is 4.55. The van der Waals surface area contributed by atoms with Crippen LogP contribution in [0.5, 0.6) is 0 Å². The smallest absolute Gasteiger partial charge is 0.113 e. The molecule has 34 heavy (non-hydrogen) atoms. The Morgan fingerprint density at radius 2 is 1.71 bits per heavy atom. The summed E-state index contributed by atoms with van der Waals surface area (Å²) in [6.07, 6.45) is 9.08. The molecule has 0 amide bonds. The van der Waals surface area contributed by atoms with Crippen molar-refractivity contribution < 1.29 is 0 Å². The van der Waals surface area contributed by atoms with E-state index in [1.807, 2.05) is 42.6 Å². The largest absolute Gasteiger partial charge is 0.328 e. The average Bonchev–Trinajstić information content (AvgIpc) is 3.64. The Kier molecular flexibility index (Phi) is 7.57. The second-order valence-electron chi connectivity index (χ2n) is 9.64. The molecular formula is C31H33ClN2. The third-order valence-corrected chi connectivity index (χ3v) is 7.42. The van der Waals surface area contributed by atoms with Gasteiger partial charge in [-0.3, -0.25) is 0 Å². The van der Waals surface area contributed by atoms with Gasteiger partial charge >= 0.3 is 0 Å². The van der Waals surface area contributed by atoms with Crippen LogP contribution in [0.1, 0.15) is 63.3 Å². The number of aromatic nitrogens is 1. The normalized spacial score (nSPS) is 16.3. The highest BCUT2D eigenvalue weighted by molar-refractivity contribution is 6.30. The Labute approximate surface area is 209 Å². The van der Waals surface area contributed by atoms with Crippen LogP contribution in [0.15, 0.2) is 72.9 Å². The first-order valence-electron chi connectivity index (χ1n) is 12.2. The molecule has 0 bridgehead atoms. The van der Waals surface area contributed by atoms with E-state index in [-0.39, 0.29) is 0 Å². The summed E-state index contributed by atoms with van der Waals surface area (Å²) in [6.45, 7) is 6.74. The molecule has 2 aromatic carbocycles. The fraction of sp³-hybridized carbons (Fsp3) is 0.323. The fourth-order valence-corrected chi connectivity index (χ4v) is 4.68. The lowest BCUT2D eigenvalue weighted by molar-refractivity contribution is 0.331. The summed E-state index contributed by atoms with van der Waals surface area (Å²) in [5.74, 6) is 6.95. The number of halogens is 1. The van der Waals surface area contributed by atoms with Gasteiger partial charge in [-0.25, -0.2) is 4.98 Å². The number of rotatable bonds is 7. The van der Waals surface area contributed by atoms with Gasteiger partial charge < -0.3 is 5.73 Å². The summed E-state index contributed by atoms with van der Waals surface area (Å²) in [4.78, 5) is 4.50. The van der Waals surface area contributed by atoms with Gasteiger partial charge in [0.1, 0.15) is 5.69 Å². The topological polar surface area (TPSA) is 38.9 Å². The number of hydrogen-bond acceptors (Lipinski definition) is 2. The lowest BCUT2D eigenvalue weighted by Crippen LogP contribution is -2.26. The van der Waals surface area contributed by atoms with E-state index in [2.05, 4.69) is 67.9 Å². The molecule has 0 radical (unpaired) electrons. The molecule has 1 heterocycles. The van der Waals surface area contributed by atoms with Gasteiger partial charge in [0.25, 0.3) is 0 Å². The van der Waals surface area contributed by atoms with Crippen molar-refractivity contribution in [2.45, 2.75) is 52.5 Å². The van der Waals surface area contributed by atoms with E-state index in [0.717, 1.165) is 40.2 Å². The van der Waals surface area contributed by atoms with Crippen molar-refractivity contribution in [2.75, 3.05) is 0 Å². The van der Waals surface area contributed by atoms with Crippen LogP contribution in [-0.4, -0.2) is 11.0 Å². The zero-order chi connectivity index (χ0) is 24.1. The zero-order valence-electron chi connectivity index (χ0n) is 20.3. The van der Waals surface area contributed by atoms with Crippen LogP contribution in [0.4, 0.5) is 0 Å². The second kappa shape index (κ2) is 10.6. The summed E-state index contributed by atoms with van der Waals surface area (Å²) < 4.78 is 0. The van der Waals surface area contributed by atoms with E-state index in [4.69, 9.17) is 17.3 Å². The average molecular weight is 469 g/mol. The Morgan fingerprint density at radius 1 is 1.03 bits per heavy atom. The Hall–Kier alpha value is -2.86. The van der Waals surface area contributed by atoms with Crippen molar-refractivity contribution in [2.24, 2.45) is 17.1 Å². The Balaban J connectivity index is 1.40. The molecule has 3 heteroatoms. The standard InChI is InChI=1S/C31H33ClN2/c1-4-29(33)20-31(17-18-31)23(3)19-22(2)25-8-5-24(6-9-25)7-15-30-16-12-27(21-34-30)26-10-13-28(32)14-11-26/h5-6,8-14,16,19,21,23,29H,4,17-18,20,33H2,1-3H3/t23-,29?/m0/s1. The van der Waals surface area contributed by atoms with Gasteiger partial charge in [0.15, 0.2) is 0 Å². The quantitative estimate of drug-likeness (QED) is 0.360. The Morgan fingerprint density at radius 3 is 2.29 bits per heavy atom. The van der Waals surface area contributed by atoms with Crippen molar-refractivity contribution in [1.82, 2.24) is 4.98 Å². The lowest BCUT2D eigenvalue weighted by atomic mass is 9.82. The van der Waals surface area contributed by atoms with Crippen LogP contribution < -0.4 is 5.73 Å². The third kappa shape index (κ3) is 5.98. The third-order valence-electron chi connectivity index (χ3n) is 7.17. The van der Waals surface area contributed by atoms with Crippen molar-refractivity contribution in [3.63, 3.8) is 0 Å². The van der Waals surface area contributed by atoms with E-state index in [9.17, 15) is 0 Å². The van der Waals surface area contributed by atoms with Gasteiger partial charge in [0.05, 0.1) is 0 Å². The molecule has 174 valence electrons. The van der Waals surface area contributed by atoms with E-state index in [1.54, 1.807) is 0 Å². The maximum absolute atomic E-state index is 6.26. The number of benzene rings is 2. The molecule has 1 aliphatic carbocycles. The van der Waals surface area contributed by atoms with Crippen LogP contribution in [-0.2, 0) is 0 Å². The number of allylic oxidation sites excluding steroid dienone is 2. The first-order chi connectivity index (χ1) is 16.4. The van der Waals surface area contributed by atoms with Crippen molar-refractivity contribution in [1.29, 1.82) is 0 Å². The van der Waals surface area contributed by atoms with Gasteiger partial charge in [0.2, 0.25) is 0 Å². The molecular weight excluding hydrogens is 436 g/mol. The summed E-state index contributed by atoms with van der Waals surface area (Å²) in [7, 11) is 0. The zero-order valence-corrected chi connectivity index (χ0v) is 21.1. The van der Waals surface area contributed by atoms with E-state index in [0.29, 0.717) is 17.4 Å². The first-order valence-corrected chi connectivity index (χ1v) is 12.5. The highest BCUT2D eigenvalue weighted by Crippen LogP contribution is 2.56. The minimum absolute atomic E-state index is 0.319. The Bertz CT molecular complexity index is 1190.